The molecule has 9 nitrogen and oxygen atoms in total. The molecule has 2 aromatic heterocycles. The molecule has 11 heteroatoms. The molecule has 0 aromatic carbocycles. The highest BCUT2D eigenvalue weighted by atomic mass is 32.2. The molecule has 0 aliphatic carbocycles. The van der Waals surface area contributed by atoms with Crippen LogP contribution in [0, 0.1) is 0 Å². The maximum atomic E-state index is 12.0. The number of rotatable bonds is 6. The van der Waals surface area contributed by atoms with E-state index in [0.29, 0.717) is 35.8 Å². The first-order chi connectivity index (χ1) is 12.6. The lowest BCUT2D eigenvalue weighted by molar-refractivity contribution is 0.378. The Bertz CT molecular complexity index is 817. The maximum Gasteiger partial charge on any atom is 0.250 e. The summed E-state index contributed by atoms with van der Waals surface area (Å²) >= 11 is 1.18. The van der Waals surface area contributed by atoms with Gasteiger partial charge in [0.2, 0.25) is 16.0 Å². The number of anilines is 1. The van der Waals surface area contributed by atoms with E-state index >= 15 is 0 Å². The van der Waals surface area contributed by atoms with Gasteiger partial charge in [-0.1, -0.05) is 6.07 Å². The summed E-state index contributed by atoms with van der Waals surface area (Å²) in [6, 6.07) is 5.06. The zero-order valence-corrected chi connectivity index (χ0v) is 15.8. The van der Waals surface area contributed by atoms with E-state index in [0.717, 1.165) is 13.1 Å². The van der Waals surface area contributed by atoms with Crippen molar-refractivity contribution in [1.82, 2.24) is 19.6 Å². The Morgan fingerprint density at radius 3 is 2.62 bits per heavy atom. The number of nitrogens with one attached hydrogen (secondary N) is 1. The Balaban J connectivity index is 1.44. The molecule has 0 unspecified atom stereocenters. The van der Waals surface area contributed by atoms with Crippen LogP contribution >= 0.6 is 11.3 Å². The third kappa shape index (κ3) is 4.68. The number of nitrogens with two attached hydrogens (primary N) is 1. The van der Waals surface area contributed by atoms with Crippen molar-refractivity contribution in [2.24, 2.45) is 10.7 Å². The highest BCUT2D eigenvalue weighted by Gasteiger charge is 2.20. The molecule has 0 bridgehead atoms. The fourth-order valence-electron chi connectivity index (χ4n) is 2.53. The maximum absolute atomic E-state index is 12.0. The predicted octanol–water partition coefficient (Wildman–Crippen LogP) is -0.0467. The van der Waals surface area contributed by atoms with Crippen molar-refractivity contribution in [1.29, 1.82) is 0 Å². The smallest absolute Gasteiger partial charge is 0.250 e. The van der Waals surface area contributed by atoms with E-state index < -0.39 is 10.0 Å². The minimum atomic E-state index is -3.45. The average molecular weight is 396 g/mol. The third-order valence-electron chi connectivity index (χ3n) is 3.88. The van der Waals surface area contributed by atoms with E-state index in [9.17, 15) is 8.42 Å². The van der Waals surface area contributed by atoms with Gasteiger partial charge in [0.25, 0.3) is 0 Å². The van der Waals surface area contributed by atoms with Crippen LogP contribution in [0.25, 0.3) is 0 Å². The average Bonchev–Trinajstić information content (AvgIpc) is 3.22. The lowest BCUT2D eigenvalue weighted by Gasteiger charge is -2.35. The molecule has 1 saturated heterocycles. The van der Waals surface area contributed by atoms with Gasteiger partial charge >= 0.3 is 0 Å². The van der Waals surface area contributed by atoms with Crippen LogP contribution in [-0.2, 0) is 10.0 Å². The number of guanidine groups is 1. The summed E-state index contributed by atoms with van der Waals surface area (Å²) in [6.45, 7) is 3.44. The fourth-order valence-corrected chi connectivity index (χ4v) is 4.59. The summed E-state index contributed by atoms with van der Waals surface area (Å²) in [4.78, 5) is 16.8. The van der Waals surface area contributed by atoms with Crippen molar-refractivity contribution in [2.45, 2.75) is 4.21 Å². The van der Waals surface area contributed by atoms with E-state index in [1.54, 1.807) is 36.0 Å². The Hall–Kier alpha value is -2.24. The minimum Gasteiger partial charge on any atom is -0.370 e. The molecule has 3 rings (SSSR count). The second-order valence-electron chi connectivity index (χ2n) is 5.59. The van der Waals surface area contributed by atoms with Gasteiger partial charge in [0.1, 0.15) is 4.21 Å². The molecule has 0 saturated carbocycles. The number of nitrogens with zero attached hydrogens (tertiary/aromatic N) is 5. The summed E-state index contributed by atoms with van der Waals surface area (Å²) in [6.07, 6.45) is 3.45. The fraction of sp³-hybridized carbons (Fsp3) is 0.400. The van der Waals surface area contributed by atoms with E-state index in [1.807, 2.05) is 4.90 Å². The Morgan fingerprint density at radius 1 is 1.23 bits per heavy atom. The molecule has 0 spiro atoms. The Labute approximate surface area is 156 Å². The number of hydrogen-bond donors (Lipinski definition) is 2. The SMILES string of the molecule is NC(=NCCNS(=O)(=O)c1cccs1)N1CCN(c2ncccn2)CC1. The van der Waals surface area contributed by atoms with Gasteiger partial charge in [-0.05, 0) is 17.5 Å². The molecule has 0 radical (unpaired) electrons. The normalized spacial score (nSPS) is 16.1. The molecule has 1 aliphatic rings. The molecule has 1 fully saturated rings. The van der Waals surface area contributed by atoms with E-state index in [2.05, 4.69) is 24.6 Å². The van der Waals surface area contributed by atoms with Gasteiger partial charge in [-0.3, -0.25) is 4.99 Å². The monoisotopic (exact) mass is 395 g/mol. The van der Waals surface area contributed by atoms with Crippen molar-refractivity contribution in [3.63, 3.8) is 0 Å². The second kappa shape index (κ2) is 8.43. The highest BCUT2D eigenvalue weighted by Crippen LogP contribution is 2.14. The molecule has 1 aliphatic heterocycles. The predicted molar refractivity (Wildman–Crippen MR) is 102 cm³/mol. The number of piperazine rings is 1. The first-order valence-corrected chi connectivity index (χ1v) is 10.5. The Morgan fingerprint density at radius 2 is 1.96 bits per heavy atom. The summed E-state index contributed by atoms with van der Waals surface area (Å²) in [5, 5.41) is 1.73. The van der Waals surface area contributed by atoms with Crippen LogP contribution in [-0.4, -0.2) is 68.5 Å². The number of aliphatic imine (C=N–C) groups is 1. The van der Waals surface area contributed by atoms with Crippen LogP contribution in [0.15, 0.2) is 45.2 Å². The van der Waals surface area contributed by atoms with Gasteiger partial charge in [-0.25, -0.2) is 23.1 Å². The van der Waals surface area contributed by atoms with E-state index in [4.69, 9.17) is 5.73 Å². The molecule has 26 heavy (non-hydrogen) atoms. The van der Waals surface area contributed by atoms with Gasteiger partial charge in [0.15, 0.2) is 5.96 Å². The number of aromatic nitrogens is 2. The number of hydrogen-bond acceptors (Lipinski definition) is 7. The van der Waals surface area contributed by atoms with Gasteiger partial charge in [0, 0.05) is 45.1 Å². The first kappa shape index (κ1) is 18.5. The molecular formula is C15H21N7O2S2. The van der Waals surface area contributed by atoms with E-state index in [-0.39, 0.29) is 6.54 Å². The number of thiophene rings is 1. The highest BCUT2D eigenvalue weighted by molar-refractivity contribution is 7.91. The van der Waals surface area contributed by atoms with Crippen molar-refractivity contribution in [3.8, 4) is 0 Å². The number of sulfonamides is 1. The minimum absolute atomic E-state index is 0.207. The van der Waals surface area contributed by atoms with Crippen LogP contribution in [0.5, 0.6) is 0 Å². The van der Waals surface area contributed by atoms with Crippen molar-refractivity contribution < 1.29 is 8.42 Å². The van der Waals surface area contributed by atoms with Crippen molar-refractivity contribution in [2.75, 3.05) is 44.2 Å². The van der Waals surface area contributed by atoms with Gasteiger partial charge in [-0.2, -0.15) is 0 Å². The van der Waals surface area contributed by atoms with Crippen molar-refractivity contribution in [3.05, 3.63) is 36.0 Å². The van der Waals surface area contributed by atoms with Gasteiger partial charge in [0.05, 0.1) is 6.54 Å². The third-order valence-corrected chi connectivity index (χ3v) is 6.73. The molecule has 2 aromatic rings. The standard InChI is InChI=1S/C15H21N7O2S2/c16-14(17-6-7-20-26(23,24)13-3-1-12-25-13)21-8-10-22(11-9-21)15-18-4-2-5-19-15/h1-5,12,20H,6-11H2,(H2,16,17). The quantitative estimate of drug-likeness (QED) is 0.400. The summed E-state index contributed by atoms with van der Waals surface area (Å²) in [5.41, 5.74) is 6.03. The Kier molecular flexibility index (Phi) is 6.01. The van der Waals surface area contributed by atoms with Crippen LogP contribution in [0.3, 0.4) is 0 Å². The summed E-state index contributed by atoms with van der Waals surface area (Å²) in [5.74, 6) is 1.14. The molecule has 3 heterocycles. The molecular weight excluding hydrogens is 374 g/mol. The zero-order valence-electron chi connectivity index (χ0n) is 14.2. The van der Waals surface area contributed by atoms with Crippen LogP contribution < -0.4 is 15.4 Å². The zero-order chi connectivity index (χ0) is 18.4. The van der Waals surface area contributed by atoms with Crippen molar-refractivity contribution >= 4 is 33.3 Å². The van der Waals surface area contributed by atoms with Crippen LogP contribution in [0.4, 0.5) is 5.95 Å². The first-order valence-electron chi connectivity index (χ1n) is 8.16. The van der Waals surface area contributed by atoms with E-state index in [1.165, 1.54) is 11.3 Å². The van der Waals surface area contributed by atoms with Crippen LogP contribution in [0.2, 0.25) is 0 Å². The van der Waals surface area contributed by atoms with Crippen LogP contribution in [0.1, 0.15) is 0 Å². The summed E-state index contributed by atoms with van der Waals surface area (Å²) < 4.78 is 26.8. The summed E-state index contributed by atoms with van der Waals surface area (Å²) in [7, 11) is -3.45. The lowest BCUT2D eigenvalue weighted by atomic mass is 10.3. The van der Waals surface area contributed by atoms with Gasteiger partial charge in [-0.15, -0.1) is 11.3 Å². The molecule has 140 valence electrons. The lowest BCUT2D eigenvalue weighted by Crippen LogP contribution is -2.51. The molecule has 3 N–H and O–H groups in total. The van der Waals surface area contributed by atoms with Gasteiger partial charge < -0.3 is 15.5 Å². The molecule has 0 amide bonds. The largest absolute Gasteiger partial charge is 0.370 e. The second-order valence-corrected chi connectivity index (χ2v) is 8.53. The molecule has 0 atom stereocenters. The topological polar surface area (TPSA) is 117 Å².